The third kappa shape index (κ3) is 6.73. The van der Waals surface area contributed by atoms with Gasteiger partial charge >= 0.3 is 6.18 Å². The van der Waals surface area contributed by atoms with E-state index in [0.29, 0.717) is 43.4 Å². The minimum Gasteiger partial charge on any atom is -0.391 e. The van der Waals surface area contributed by atoms with E-state index < -0.39 is 50.2 Å². The highest BCUT2D eigenvalue weighted by Crippen LogP contribution is 2.49. The number of nitrogens with zero attached hydrogens (tertiary/aromatic N) is 1. The van der Waals surface area contributed by atoms with Gasteiger partial charge < -0.3 is 10.2 Å². The normalized spacial score (nSPS) is 21.9. The van der Waals surface area contributed by atoms with Gasteiger partial charge in [-0.2, -0.15) is 13.2 Å². The molecule has 14 heteroatoms. The molecule has 5 rings (SSSR count). The van der Waals surface area contributed by atoms with Crippen LogP contribution in [0.2, 0.25) is 5.02 Å². The summed E-state index contributed by atoms with van der Waals surface area (Å²) in [6, 6.07) is 9.37. The monoisotopic (exact) mass is 658 g/mol. The smallest absolute Gasteiger partial charge is 0.391 e. The zero-order chi connectivity index (χ0) is 31.8. The fourth-order valence-corrected chi connectivity index (χ4v) is 8.89. The molecule has 2 aliphatic carbocycles. The average Bonchev–Trinajstić information content (AvgIpc) is 3.25. The van der Waals surface area contributed by atoms with Gasteiger partial charge in [0.05, 0.1) is 20.7 Å². The van der Waals surface area contributed by atoms with Crippen molar-refractivity contribution in [2.24, 2.45) is 22.9 Å². The number of amides is 1. The van der Waals surface area contributed by atoms with Crippen LogP contribution in [0.1, 0.15) is 47.2 Å². The number of sulfone groups is 1. The predicted molar refractivity (Wildman–Crippen MR) is 150 cm³/mol. The molecular formula is C30H25ClF6N2O4S. The number of rotatable bonds is 8. The number of benzene rings is 3. The summed E-state index contributed by atoms with van der Waals surface area (Å²) < 4.78 is 106. The van der Waals surface area contributed by atoms with E-state index in [4.69, 9.17) is 16.4 Å². The maximum Gasteiger partial charge on any atom is 0.416 e. The Hall–Kier alpha value is -3.58. The van der Waals surface area contributed by atoms with Crippen molar-refractivity contribution >= 4 is 39.2 Å². The van der Waals surface area contributed by atoms with Crippen molar-refractivity contribution in [1.29, 1.82) is 0 Å². The number of carbonyl (C=O) groups excluding carboxylic acids is 1. The first-order valence-corrected chi connectivity index (χ1v) is 15.5. The van der Waals surface area contributed by atoms with Gasteiger partial charge in [-0.15, -0.1) is 0 Å². The van der Waals surface area contributed by atoms with Crippen molar-refractivity contribution in [3.05, 3.63) is 93.8 Å². The molecule has 2 saturated carbocycles. The van der Waals surface area contributed by atoms with Crippen LogP contribution in [0, 0.1) is 35.2 Å². The summed E-state index contributed by atoms with van der Waals surface area (Å²) in [5.41, 5.74) is -0.736. The summed E-state index contributed by atoms with van der Waals surface area (Å²) >= 11 is 6.29. The zero-order valence-corrected chi connectivity index (χ0v) is 24.3. The van der Waals surface area contributed by atoms with Crippen molar-refractivity contribution in [2.75, 3.05) is 5.32 Å². The third-order valence-corrected chi connectivity index (χ3v) is 10.9. The molecule has 1 N–H and O–H groups in total. The summed E-state index contributed by atoms with van der Waals surface area (Å²) in [6.45, 7) is -0.0291. The van der Waals surface area contributed by atoms with Gasteiger partial charge in [0.2, 0.25) is 0 Å². The second kappa shape index (κ2) is 12.4. The maximum atomic E-state index is 13.9. The number of hydrogen-bond donors (Lipinski definition) is 1. The second-order valence-corrected chi connectivity index (χ2v) is 13.4. The maximum absolute atomic E-state index is 13.9. The highest BCUT2D eigenvalue weighted by atomic mass is 35.5. The minimum absolute atomic E-state index is 0.0291. The highest BCUT2D eigenvalue weighted by molar-refractivity contribution is 7.92. The van der Waals surface area contributed by atoms with Crippen LogP contribution < -0.4 is 5.32 Å². The largest absolute Gasteiger partial charge is 0.416 e. The van der Waals surface area contributed by atoms with Gasteiger partial charge in [-0.3, -0.25) is 4.79 Å². The second-order valence-electron chi connectivity index (χ2n) is 10.9. The van der Waals surface area contributed by atoms with Gasteiger partial charge in [-0.1, -0.05) is 28.9 Å². The van der Waals surface area contributed by atoms with Crippen LogP contribution in [0.25, 0.3) is 0 Å². The number of carbonyl (C=O) groups is 1. The molecule has 2 aliphatic rings. The van der Waals surface area contributed by atoms with E-state index in [2.05, 4.69) is 10.5 Å². The Labute approximate surface area is 254 Å². The molecule has 3 aromatic carbocycles. The molecule has 3 aromatic rings. The molecule has 6 nitrogen and oxygen atoms in total. The molecule has 0 radical (unpaired) electrons. The Bertz CT molecular complexity index is 1660. The predicted octanol–water partition coefficient (Wildman–Crippen LogP) is 7.81. The molecule has 234 valence electrons. The number of anilines is 1. The van der Waals surface area contributed by atoms with Gasteiger partial charge in [-0.25, -0.2) is 21.6 Å². The van der Waals surface area contributed by atoms with Crippen LogP contribution >= 0.6 is 11.6 Å². The Morgan fingerprint density at radius 1 is 0.977 bits per heavy atom. The van der Waals surface area contributed by atoms with Crippen LogP contribution in [0.4, 0.5) is 32.0 Å². The number of hydrogen-bond acceptors (Lipinski definition) is 5. The molecule has 4 atom stereocenters. The number of nitrogens with one attached hydrogen (secondary N) is 1. The van der Waals surface area contributed by atoms with Crippen molar-refractivity contribution in [3.63, 3.8) is 0 Å². The summed E-state index contributed by atoms with van der Waals surface area (Å²) in [4.78, 5) is 17.8. The Kier molecular flexibility index (Phi) is 8.99. The van der Waals surface area contributed by atoms with Crippen molar-refractivity contribution < 1.29 is 44.4 Å². The van der Waals surface area contributed by atoms with Crippen LogP contribution in [-0.4, -0.2) is 25.8 Å². The number of oxime groups is 1. The number of alkyl halides is 3. The van der Waals surface area contributed by atoms with E-state index in [-0.39, 0.29) is 45.5 Å². The van der Waals surface area contributed by atoms with Gasteiger partial charge in [0.15, 0.2) is 27.3 Å². The Balaban J connectivity index is 1.24. The molecule has 2 bridgehead atoms. The summed E-state index contributed by atoms with van der Waals surface area (Å²) in [5.74, 6) is -6.07. The zero-order valence-electron chi connectivity index (χ0n) is 22.8. The Morgan fingerprint density at radius 3 is 2.18 bits per heavy atom. The summed E-state index contributed by atoms with van der Waals surface area (Å²) in [5, 5.41) is 5.36. The van der Waals surface area contributed by atoms with E-state index in [1.807, 2.05) is 0 Å². The quantitative estimate of drug-likeness (QED) is 0.116. The van der Waals surface area contributed by atoms with Gasteiger partial charge in [0, 0.05) is 29.6 Å². The van der Waals surface area contributed by atoms with Gasteiger partial charge in [-0.05, 0) is 79.3 Å². The van der Waals surface area contributed by atoms with Gasteiger partial charge in [0.1, 0.15) is 6.61 Å². The molecule has 44 heavy (non-hydrogen) atoms. The van der Waals surface area contributed by atoms with Crippen molar-refractivity contribution in [1.82, 2.24) is 0 Å². The topological polar surface area (TPSA) is 84.8 Å². The molecule has 0 aromatic heterocycles. The lowest BCUT2D eigenvalue weighted by Gasteiger charge is -2.33. The lowest BCUT2D eigenvalue weighted by molar-refractivity contribution is -0.137. The highest BCUT2D eigenvalue weighted by Gasteiger charge is 2.49. The Morgan fingerprint density at radius 2 is 1.59 bits per heavy atom. The van der Waals surface area contributed by atoms with Crippen molar-refractivity contribution in [2.45, 2.75) is 48.6 Å². The summed E-state index contributed by atoms with van der Waals surface area (Å²) in [6.07, 6.45) is -0.506. The molecule has 0 heterocycles. The molecule has 2 fully saturated rings. The van der Waals surface area contributed by atoms with Crippen LogP contribution in [0.3, 0.4) is 0 Å². The first kappa shape index (κ1) is 31.8. The van der Waals surface area contributed by atoms with E-state index >= 15 is 0 Å². The fraction of sp³-hybridized carbons (Fsp3) is 0.333. The number of fused-ring (bicyclic) bond motifs is 2. The third-order valence-electron chi connectivity index (χ3n) is 8.01. The van der Waals surface area contributed by atoms with Crippen LogP contribution in [0.15, 0.2) is 64.6 Å². The number of halogens is 7. The van der Waals surface area contributed by atoms with Crippen LogP contribution in [-0.2, 0) is 27.5 Å². The minimum atomic E-state index is -4.43. The lowest BCUT2D eigenvalue weighted by atomic mass is 9.81. The molecule has 0 aliphatic heterocycles. The molecular weight excluding hydrogens is 634 g/mol. The van der Waals surface area contributed by atoms with E-state index in [1.165, 1.54) is 24.3 Å². The molecule has 0 spiro atoms. The standard InChI is InChI=1S/C30H25ClF6N2O4S/c31-23-8-5-20(29(40)39-22-12-24(32)27(34)25(33)13-22)11-26(23)44(41,42)28-18-3-4-19(28)10-17(9-18)14-38-43-15-16-1-6-21(7-2-16)30(35,36)37/h1-2,5-8,11-14,17-19,28H,3-4,9-10,15H2,(H,39,40)/b38-14+/t17?,18-,19?,28?/m0/s1. The lowest BCUT2D eigenvalue weighted by Crippen LogP contribution is -2.38. The molecule has 3 unspecified atom stereocenters. The van der Waals surface area contributed by atoms with E-state index in [9.17, 15) is 39.6 Å². The average molecular weight is 659 g/mol. The van der Waals surface area contributed by atoms with E-state index in [0.717, 1.165) is 18.2 Å². The molecule has 0 saturated heterocycles. The SMILES string of the molecule is O=C(Nc1cc(F)c(F)c(F)c1)c1ccc(Cl)c(S(=O)(=O)C2C3CC[C@H]2CC(/C=N/OCc2ccc(C(F)(F)F)cc2)C3)c1. The van der Waals surface area contributed by atoms with Crippen LogP contribution in [0.5, 0.6) is 0 Å². The van der Waals surface area contributed by atoms with E-state index in [1.54, 1.807) is 6.21 Å². The van der Waals surface area contributed by atoms with Crippen molar-refractivity contribution in [3.8, 4) is 0 Å². The van der Waals surface area contributed by atoms with Gasteiger partial charge in [0.25, 0.3) is 5.91 Å². The first-order valence-electron chi connectivity index (χ1n) is 13.5. The fourth-order valence-electron chi connectivity index (χ4n) is 6.02. The summed E-state index contributed by atoms with van der Waals surface area (Å²) in [7, 11) is -4.01. The molecule has 1 amide bonds. The first-order chi connectivity index (χ1) is 20.7.